The van der Waals surface area contributed by atoms with Gasteiger partial charge in [0.15, 0.2) is 0 Å². The van der Waals surface area contributed by atoms with Crippen molar-refractivity contribution >= 4 is 93.4 Å². The molecule has 3 fully saturated rings. The Morgan fingerprint density at radius 2 is 0.769 bits per heavy atom. The molecule has 3 N–H and O–H groups in total. The number of β-amino-alcohol motifs (C(OH)–C–C–N with tert-alkyl or cyclic N) is 2. The number of aryl methyl sites for hydroxylation is 1. The molecular weight excluding hydrogens is 1360 g/mol. The number of pyridine rings is 6. The van der Waals surface area contributed by atoms with Crippen molar-refractivity contribution in [2.45, 2.75) is 79.7 Å². The molecule has 3 aliphatic heterocycles. The number of nitrogens with zero attached hydrogens (tertiary/aromatic N) is 11. The van der Waals surface area contributed by atoms with Gasteiger partial charge in [0.2, 0.25) is 0 Å². The molecule has 0 unspecified atom stereocenters. The number of piperidine rings is 3. The molecule has 0 radical (unpaired) electrons. The van der Waals surface area contributed by atoms with Crippen LogP contribution in [0, 0.1) is 6.92 Å². The standard InChI is InChI=1S/C41H36N4O3S.C34H30N4O.C15H16N4O/c1-30-19-21-35(22-20-30)49(46,47)48-34-18-11-27-44(29-34)39-24-23-36-37-28-42-26-25-38(37)45(40(36)43-39)41(31-12-5-2-6-13-31,32-14-7-3-8-15-32)33-16-9-4-10-17-33;39-28-17-10-22-37(24-28)32-19-18-29-30-23-35-21-20-31(30)38(33(29)36-32)34(25-11-4-1-5-12-25,26-13-6-2-7-14-26)27-15-8-3-9-16-27;20-10-2-1-7-19(9-10)14-4-3-11-12-8-16-6-5-13(12)17-15(11)18-14/h2-10,12-17,19-26,28,34H,11,18,27,29H2,1H3;1-9,11-16,18-21,23,28,39H,10,17,22,24H2;3-6,8,10,20H,1-2,7,9H2,(H,17,18)/t34-;28-;10-/m000/s1. The van der Waals surface area contributed by atoms with Crippen molar-refractivity contribution in [2.75, 3.05) is 54.0 Å². The first kappa shape index (κ1) is 69.1. The number of hydrogen-bond acceptors (Lipinski definition) is 14. The Morgan fingerprint density at radius 1 is 0.398 bits per heavy atom. The van der Waals surface area contributed by atoms with E-state index in [4.69, 9.17) is 19.1 Å². The number of hydrogen-bond donors (Lipinski definition) is 3. The third-order valence-electron chi connectivity index (χ3n) is 21.6. The second-order valence-electron chi connectivity index (χ2n) is 28.3. The van der Waals surface area contributed by atoms with E-state index < -0.39 is 27.3 Å². The number of aromatic nitrogens is 9. The maximum Gasteiger partial charge on any atom is 0.297 e. The van der Waals surface area contributed by atoms with Crippen LogP contribution in [0.25, 0.3) is 65.8 Å². The Hall–Kier alpha value is -11.9. The van der Waals surface area contributed by atoms with Crippen LogP contribution in [0.4, 0.5) is 17.5 Å². The number of aromatic amines is 1. The zero-order chi connectivity index (χ0) is 73.2. The quantitative estimate of drug-likeness (QED) is 0.0687. The Bertz CT molecular complexity index is 5740. The van der Waals surface area contributed by atoms with Gasteiger partial charge in [-0.1, -0.05) is 200 Å². The van der Waals surface area contributed by atoms with Crippen LogP contribution >= 0.6 is 0 Å². The van der Waals surface area contributed by atoms with Crippen molar-refractivity contribution in [3.8, 4) is 0 Å². The summed E-state index contributed by atoms with van der Waals surface area (Å²) >= 11 is 0. The highest BCUT2D eigenvalue weighted by Gasteiger charge is 2.43. The number of benzene rings is 7. The van der Waals surface area contributed by atoms with E-state index in [1.165, 1.54) is 0 Å². The van der Waals surface area contributed by atoms with Crippen LogP contribution in [0.15, 0.2) is 303 Å². The third kappa shape index (κ3) is 12.9. The average molecular weight is 1440 g/mol. The first-order valence-corrected chi connectivity index (χ1v) is 38.6. The molecule has 17 nitrogen and oxygen atoms in total. The maximum atomic E-state index is 13.2. The van der Waals surface area contributed by atoms with E-state index >= 15 is 0 Å². The third-order valence-corrected chi connectivity index (χ3v) is 23.0. The van der Waals surface area contributed by atoms with E-state index in [1.54, 1.807) is 30.5 Å². The monoisotopic (exact) mass is 1440 g/mol. The second-order valence-corrected chi connectivity index (χ2v) is 29.9. The molecule has 108 heavy (non-hydrogen) atoms. The van der Waals surface area contributed by atoms with Gasteiger partial charge >= 0.3 is 0 Å². The number of H-pyrrole nitrogens is 1. The van der Waals surface area contributed by atoms with Crippen molar-refractivity contribution in [1.29, 1.82) is 0 Å². The van der Waals surface area contributed by atoms with Gasteiger partial charge < -0.3 is 39.0 Å². The highest BCUT2D eigenvalue weighted by atomic mass is 32.2. The van der Waals surface area contributed by atoms with Gasteiger partial charge in [-0.2, -0.15) is 8.42 Å². The number of anilines is 3. The molecule has 3 atom stereocenters. The molecule has 0 amide bonds. The Balaban J connectivity index is 0.000000128. The summed E-state index contributed by atoms with van der Waals surface area (Å²) in [7, 11) is -3.91. The van der Waals surface area contributed by atoms with Gasteiger partial charge in [-0.05, 0) is 146 Å². The van der Waals surface area contributed by atoms with Gasteiger partial charge in [0.05, 0.1) is 39.8 Å². The van der Waals surface area contributed by atoms with E-state index in [0.717, 1.165) is 174 Å². The van der Waals surface area contributed by atoms with Crippen molar-refractivity contribution in [1.82, 2.24) is 44.0 Å². The predicted octanol–water partition coefficient (Wildman–Crippen LogP) is 16.6. The molecule has 12 heterocycles. The number of nitrogens with one attached hydrogen (secondary N) is 1. The van der Waals surface area contributed by atoms with Crippen molar-refractivity contribution < 1.29 is 22.8 Å². The predicted molar refractivity (Wildman–Crippen MR) is 430 cm³/mol. The molecule has 9 aromatic heterocycles. The van der Waals surface area contributed by atoms with Crippen LogP contribution < -0.4 is 14.7 Å². The normalized spacial score (nSPS) is 16.5. The molecule has 19 rings (SSSR count). The topological polar surface area (TPSA) is 197 Å². The lowest BCUT2D eigenvalue weighted by Crippen LogP contribution is -2.41. The van der Waals surface area contributed by atoms with Gasteiger partial charge in [0.25, 0.3) is 10.1 Å². The first-order chi connectivity index (χ1) is 53.0. The highest BCUT2D eigenvalue weighted by molar-refractivity contribution is 7.86. The van der Waals surface area contributed by atoms with Gasteiger partial charge in [-0.3, -0.25) is 19.1 Å². The summed E-state index contributed by atoms with van der Waals surface area (Å²) in [6, 6.07) is 89.3. The molecule has 7 aromatic carbocycles. The minimum Gasteiger partial charge on any atom is -0.391 e. The van der Waals surface area contributed by atoms with Crippen molar-refractivity contribution in [3.63, 3.8) is 0 Å². The molecule has 538 valence electrons. The summed E-state index contributed by atoms with van der Waals surface area (Å²) in [4.78, 5) is 38.7. The number of aliphatic hydroxyl groups is 2. The lowest BCUT2D eigenvalue weighted by Gasteiger charge is -2.39. The lowest BCUT2D eigenvalue weighted by molar-refractivity contribution is 0.153. The van der Waals surface area contributed by atoms with Crippen LogP contribution in [0.3, 0.4) is 0 Å². The summed E-state index contributed by atoms with van der Waals surface area (Å²) in [5, 5.41) is 26.5. The van der Waals surface area contributed by atoms with Crippen LogP contribution in [0.2, 0.25) is 0 Å². The summed E-state index contributed by atoms with van der Waals surface area (Å²) in [5.41, 5.74) is 12.0. The molecule has 0 aliphatic carbocycles. The molecule has 0 spiro atoms. The summed E-state index contributed by atoms with van der Waals surface area (Å²) in [5.74, 6) is 2.59. The second kappa shape index (κ2) is 29.8. The Labute approximate surface area is 627 Å². The average Bonchev–Trinajstić information content (AvgIpc) is 1.52. The van der Waals surface area contributed by atoms with Gasteiger partial charge in [0.1, 0.15) is 45.5 Å². The minimum absolute atomic E-state index is 0.173. The molecule has 18 heteroatoms. The number of rotatable bonds is 14. The molecule has 3 aliphatic rings. The summed E-state index contributed by atoms with van der Waals surface area (Å²) in [6.07, 6.45) is 15.3. The van der Waals surface area contributed by atoms with Gasteiger partial charge in [-0.25, -0.2) is 15.0 Å². The summed E-state index contributed by atoms with van der Waals surface area (Å²) in [6.45, 7) is 6.19. The lowest BCUT2D eigenvalue weighted by atomic mass is 9.76. The fraction of sp³-hybridized carbons (Fsp3) is 0.200. The number of fused-ring (bicyclic) bond motifs is 9. The van der Waals surface area contributed by atoms with E-state index in [9.17, 15) is 18.6 Å². The van der Waals surface area contributed by atoms with E-state index in [0.29, 0.717) is 26.1 Å². The maximum absolute atomic E-state index is 13.2. The smallest absolute Gasteiger partial charge is 0.297 e. The van der Waals surface area contributed by atoms with E-state index in [1.807, 2.05) is 74.3 Å². The zero-order valence-corrected chi connectivity index (χ0v) is 60.8. The SMILES string of the molecule is Cc1ccc(S(=O)(=O)O[C@H]2CCCN(c3ccc4c5cnccc5n(C(c5ccccc5)(c5ccccc5)c5ccccc5)c4n3)C2)cc1.O[C@H]1CCCN(c2ccc3c(n2)[nH]c2ccncc23)C1.O[C@H]1CCCN(c2ccc3c4cnccc4n(C(c4ccccc4)(c4ccccc4)c4ccccc4)c3n2)C1. The Morgan fingerprint density at radius 3 is 1.19 bits per heavy atom. The van der Waals surface area contributed by atoms with E-state index in [-0.39, 0.29) is 17.1 Å². The van der Waals surface area contributed by atoms with Crippen LogP contribution in [-0.2, 0) is 25.4 Å². The molecule has 0 bridgehead atoms. The van der Waals surface area contributed by atoms with Crippen LogP contribution in [0.5, 0.6) is 0 Å². The molecule has 16 aromatic rings. The van der Waals surface area contributed by atoms with Gasteiger partial charge in [-0.15, -0.1) is 0 Å². The minimum atomic E-state index is -3.91. The molecular formula is C90H82N12O5S. The fourth-order valence-corrected chi connectivity index (χ4v) is 17.7. The highest BCUT2D eigenvalue weighted by Crippen LogP contribution is 2.49. The molecule has 3 saturated heterocycles. The fourth-order valence-electron chi connectivity index (χ4n) is 16.6. The number of aliphatic hydroxyl groups excluding tert-OH is 2. The summed E-state index contributed by atoms with van der Waals surface area (Å²) < 4.78 is 37.0. The van der Waals surface area contributed by atoms with Crippen molar-refractivity contribution in [3.05, 3.63) is 337 Å². The van der Waals surface area contributed by atoms with Crippen LogP contribution in [0.1, 0.15) is 77.5 Å². The van der Waals surface area contributed by atoms with Crippen molar-refractivity contribution in [2.24, 2.45) is 0 Å². The first-order valence-electron chi connectivity index (χ1n) is 37.2. The van der Waals surface area contributed by atoms with Crippen LogP contribution in [-0.4, -0.2) is 120 Å². The Kier molecular flexibility index (Phi) is 19.1. The van der Waals surface area contributed by atoms with E-state index in [2.05, 4.69) is 244 Å². The van der Waals surface area contributed by atoms with Gasteiger partial charge in [0, 0.05) is 109 Å². The largest absolute Gasteiger partial charge is 0.391 e. The zero-order valence-electron chi connectivity index (χ0n) is 60.0. The molecule has 0 saturated carbocycles.